The summed E-state index contributed by atoms with van der Waals surface area (Å²) in [7, 11) is 0. The van der Waals surface area contributed by atoms with Gasteiger partial charge < -0.3 is 20.1 Å². The van der Waals surface area contributed by atoms with Crippen LogP contribution >= 0.6 is 0 Å². The summed E-state index contributed by atoms with van der Waals surface area (Å²) in [4.78, 5) is 14.7. The van der Waals surface area contributed by atoms with Crippen molar-refractivity contribution in [3.63, 3.8) is 0 Å². The molecule has 1 aliphatic rings. The lowest BCUT2D eigenvalue weighted by atomic mass is 9.81. The number of carbonyl (C=O) groups excluding carboxylic acids is 1. The summed E-state index contributed by atoms with van der Waals surface area (Å²) in [6.07, 6.45) is 2.96. The monoisotopic (exact) mass is 263 g/mol. The van der Waals surface area contributed by atoms with Crippen LogP contribution in [0, 0.1) is 16.7 Å². The maximum Gasteiger partial charge on any atom is 0.267 e. The molecule has 0 aliphatic carbocycles. The van der Waals surface area contributed by atoms with Crippen molar-refractivity contribution in [3.8, 4) is 6.07 Å². The van der Waals surface area contributed by atoms with Crippen LogP contribution in [0.3, 0.4) is 0 Å². The van der Waals surface area contributed by atoms with Gasteiger partial charge in [-0.15, -0.1) is 0 Å². The van der Waals surface area contributed by atoms with Crippen LogP contribution in [-0.2, 0) is 4.74 Å². The van der Waals surface area contributed by atoms with Gasteiger partial charge in [-0.05, 0) is 18.9 Å². The zero-order valence-corrected chi connectivity index (χ0v) is 10.6. The number of aromatic nitrogens is 1. The Bertz CT molecular complexity index is 484. The van der Waals surface area contributed by atoms with E-state index in [4.69, 9.17) is 10.00 Å². The first-order valence-corrected chi connectivity index (χ1v) is 6.24. The van der Waals surface area contributed by atoms with Gasteiger partial charge in [0, 0.05) is 31.4 Å². The molecule has 2 rings (SSSR count). The molecule has 1 aromatic heterocycles. The number of rotatable bonds is 4. The quantitative estimate of drug-likeness (QED) is 0.732. The van der Waals surface area contributed by atoms with Crippen LogP contribution in [-0.4, -0.2) is 42.4 Å². The van der Waals surface area contributed by atoms with Gasteiger partial charge in [-0.1, -0.05) is 0 Å². The van der Waals surface area contributed by atoms with Gasteiger partial charge in [0.05, 0.1) is 12.2 Å². The molecule has 0 radical (unpaired) electrons. The van der Waals surface area contributed by atoms with Gasteiger partial charge in [-0.25, -0.2) is 0 Å². The lowest BCUT2D eigenvalue weighted by Gasteiger charge is -2.35. The normalized spacial score (nSPS) is 17.7. The summed E-state index contributed by atoms with van der Waals surface area (Å²) >= 11 is 0. The van der Waals surface area contributed by atoms with E-state index in [1.807, 2.05) is 6.07 Å². The minimum atomic E-state index is -0.293. The predicted octanol–water partition coefficient (Wildman–Crippen LogP) is 0.405. The summed E-state index contributed by atoms with van der Waals surface area (Å²) in [5.41, 5.74) is 0.489. The van der Waals surface area contributed by atoms with E-state index in [2.05, 4.69) is 10.3 Å². The van der Waals surface area contributed by atoms with Gasteiger partial charge in [0.25, 0.3) is 5.91 Å². The number of aliphatic hydroxyl groups is 1. The average Bonchev–Trinajstić information content (AvgIpc) is 2.95. The molecule has 6 heteroatoms. The molecule has 1 amide bonds. The number of amides is 1. The minimum Gasteiger partial charge on any atom is -0.396 e. The molecule has 1 fully saturated rings. The maximum absolute atomic E-state index is 11.9. The lowest BCUT2D eigenvalue weighted by molar-refractivity contribution is -0.0146. The number of H-pyrrole nitrogens is 1. The van der Waals surface area contributed by atoms with E-state index in [9.17, 15) is 9.90 Å². The first-order chi connectivity index (χ1) is 9.19. The highest BCUT2D eigenvalue weighted by Crippen LogP contribution is 2.29. The molecule has 102 valence electrons. The molecule has 3 N–H and O–H groups in total. The molecule has 0 atom stereocenters. The second kappa shape index (κ2) is 5.87. The van der Waals surface area contributed by atoms with Gasteiger partial charge in [-0.2, -0.15) is 5.26 Å². The number of hydrogen-bond donors (Lipinski definition) is 3. The van der Waals surface area contributed by atoms with E-state index in [1.54, 1.807) is 0 Å². The third kappa shape index (κ3) is 3.13. The Balaban J connectivity index is 1.93. The van der Waals surface area contributed by atoms with E-state index in [0.29, 0.717) is 31.0 Å². The Kier molecular flexibility index (Phi) is 4.20. The minimum absolute atomic E-state index is 0.0326. The standard InChI is InChI=1S/C13H17N3O3/c14-6-10-5-11(15-7-10)12(18)16-8-13(9-17)1-3-19-4-2-13/h5,7,15,17H,1-4,8-9H2,(H,16,18). The van der Waals surface area contributed by atoms with Crippen molar-refractivity contribution >= 4 is 5.91 Å². The molecule has 6 nitrogen and oxygen atoms in total. The third-order valence-electron chi connectivity index (χ3n) is 3.57. The van der Waals surface area contributed by atoms with Gasteiger partial charge >= 0.3 is 0 Å². The highest BCUT2D eigenvalue weighted by Gasteiger charge is 2.32. The molecule has 0 saturated carbocycles. The number of nitriles is 1. The first-order valence-electron chi connectivity index (χ1n) is 6.24. The van der Waals surface area contributed by atoms with Crippen molar-refractivity contribution in [1.29, 1.82) is 5.26 Å². The maximum atomic E-state index is 11.9. The summed E-state index contributed by atoms with van der Waals surface area (Å²) < 4.78 is 5.27. The molecule has 2 heterocycles. The highest BCUT2D eigenvalue weighted by atomic mass is 16.5. The summed E-state index contributed by atoms with van der Waals surface area (Å²) in [6, 6.07) is 3.46. The van der Waals surface area contributed by atoms with E-state index < -0.39 is 0 Å². The van der Waals surface area contributed by atoms with Crippen molar-refractivity contribution in [1.82, 2.24) is 10.3 Å². The second-order valence-electron chi connectivity index (χ2n) is 4.87. The molecule has 1 aliphatic heterocycles. The van der Waals surface area contributed by atoms with E-state index in [-0.39, 0.29) is 17.9 Å². The molecule has 19 heavy (non-hydrogen) atoms. The number of aliphatic hydroxyl groups excluding tert-OH is 1. The van der Waals surface area contributed by atoms with Gasteiger partial charge in [0.2, 0.25) is 0 Å². The Hall–Kier alpha value is -1.84. The molecular weight excluding hydrogens is 246 g/mol. The third-order valence-corrected chi connectivity index (χ3v) is 3.57. The highest BCUT2D eigenvalue weighted by molar-refractivity contribution is 5.92. The molecule has 0 aromatic carbocycles. The largest absolute Gasteiger partial charge is 0.396 e. The van der Waals surface area contributed by atoms with Crippen LogP contribution < -0.4 is 5.32 Å². The first kappa shape index (κ1) is 13.6. The van der Waals surface area contributed by atoms with Gasteiger partial charge in [-0.3, -0.25) is 4.79 Å². The zero-order valence-electron chi connectivity index (χ0n) is 10.6. The van der Waals surface area contributed by atoms with Crippen molar-refractivity contribution in [2.24, 2.45) is 5.41 Å². The molecule has 1 aromatic rings. The smallest absolute Gasteiger partial charge is 0.267 e. The molecule has 0 bridgehead atoms. The lowest BCUT2D eigenvalue weighted by Crippen LogP contribution is -2.43. The fraction of sp³-hybridized carbons (Fsp3) is 0.538. The van der Waals surface area contributed by atoms with Crippen LogP contribution in [0.25, 0.3) is 0 Å². The van der Waals surface area contributed by atoms with E-state index >= 15 is 0 Å². The van der Waals surface area contributed by atoms with Crippen molar-refractivity contribution in [3.05, 3.63) is 23.5 Å². The van der Waals surface area contributed by atoms with Crippen LogP contribution in [0.4, 0.5) is 0 Å². The van der Waals surface area contributed by atoms with Gasteiger partial charge in [0.15, 0.2) is 0 Å². The fourth-order valence-electron chi connectivity index (χ4n) is 2.15. The van der Waals surface area contributed by atoms with Crippen LogP contribution in [0.5, 0.6) is 0 Å². The van der Waals surface area contributed by atoms with Crippen LogP contribution in [0.15, 0.2) is 12.3 Å². The Morgan fingerprint density at radius 2 is 2.32 bits per heavy atom. The zero-order chi connectivity index (χ0) is 13.7. The second-order valence-corrected chi connectivity index (χ2v) is 4.87. The molecular formula is C13H17N3O3. The van der Waals surface area contributed by atoms with Gasteiger partial charge in [0.1, 0.15) is 11.8 Å². The summed E-state index contributed by atoms with van der Waals surface area (Å²) in [6.45, 7) is 1.66. The molecule has 1 saturated heterocycles. The summed E-state index contributed by atoms with van der Waals surface area (Å²) in [5.74, 6) is -0.263. The van der Waals surface area contributed by atoms with Crippen molar-refractivity contribution in [2.75, 3.05) is 26.4 Å². The Morgan fingerprint density at radius 3 is 2.89 bits per heavy atom. The van der Waals surface area contributed by atoms with Crippen molar-refractivity contribution in [2.45, 2.75) is 12.8 Å². The number of ether oxygens (including phenoxy) is 1. The number of nitrogens with one attached hydrogen (secondary N) is 2. The molecule has 0 spiro atoms. The average molecular weight is 263 g/mol. The fourth-order valence-corrected chi connectivity index (χ4v) is 2.15. The SMILES string of the molecule is N#Cc1c[nH]c(C(=O)NCC2(CO)CCOCC2)c1. The Labute approximate surface area is 111 Å². The van der Waals surface area contributed by atoms with E-state index in [0.717, 1.165) is 12.8 Å². The predicted molar refractivity (Wildman–Crippen MR) is 67.4 cm³/mol. The number of nitrogens with zero attached hydrogens (tertiary/aromatic N) is 1. The molecule has 0 unspecified atom stereocenters. The Morgan fingerprint density at radius 1 is 1.58 bits per heavy atom. The number of carbonyl (C=O) groups is 1. The van der Waals surface area contributed by atoms with Crippen molar-refractivity contribution < 1.29 is 14.6 Å². The number of aromatic amines is 1. The number of hydrogen-bond acceptors (Lipinski definition) is 4. The summed E-state index contributed by atoms with van der Waals surface area (Å²) in [5, 5.41) is 21.0. The van der Waals surface area contributed by atoms with E-state index in [1.165, 1.54) is 12.3 Å². The topological polar surface area (TPSA) is 98.1 Å². The van der Waals surface area contributed by atoms with Crippen LogP contribution in [0.2, 0.25) is 0 Å². The van der Waals surface area contributed by atoms with Crippen LogP contribution in [0.1, 0.15) is 28.9 Å².